The highest BCUT2D eigenvalue weighted by Crippen LogP contribution is 2.35. The Morgan fingerprint density at radius 1 is 1.06 bits per heavy atom. The lowest BCUT2D eigenvalue weighted by molar-refractivity contribution is -0.131. The Bertz CT molecular complexity index is 1090. The van der Waals surface area contributed by atoms with E-state index in [-0.39, 0.29) is 11.8 Å². The van der Waals surface area contributed by atoms with Gasteiger partial charge in [0.15, 0.2) is 0 Å². The first kappa shape index (κ1) is 20.9. The summed E-state index contributed by atoms with van der Waals surface area (Å²) in [6.45, 7) is 1.44. The summed E-state index contributed by atoms with van der Waals surface area (Å²) >= 11 is 6.25. The summed E-state index contributed by atoms with van der Waals surface area (Å²) in [6.07, 6.45) is 9.98. The van der Waals surface area contributed by atoms with Gasteiger partial charge in [-0.3, -0.25) is 9.78 Å². The molecule has 0 unspecified atom stereocenters. The van der Waals surface area contributed by atoms with Gasteiger partial charge in [-0.15, -0.1) is 0 Å². The minimum absolute atomic E-state index is 0.129. The number of carbonyl (C=O) groups is 1. The predicted molar refractivity (Wildman–Crippen MR) is 126 cm³/mol. The molecule has 6 nitrogen and oxygen atoms in total. The van der Waals surface area contributed by atoms with Gasteiger partial charge in [0, 0.05) is 54.2 Å². The number of halogens is 1. The number of hydrogen-bond acceptors (Lipinski definition) is 5. The number of carbonyl (C=O) groups excluding carboxylic acids is 1. The maximum atomic E-state index is 12.9. The second-order valence-electron chi connectivity index (χ2n) is 8.57. The van der Waals surface area contributed by atoms with Crippen molar-refractivity contribution >= 4 is 23.5 Å². The maximum Gasteiger partial charge on any atom is 0.227 e. The van der Waals surface area contributed by atoms with Gasteiger partial charge in [-0.2, -0.15) is 0 Å². The Balaban J connectivity index is 1.32. The maximum absolute atomic E-state index is 12.9. The Morgan fingerprint density at radius 3 is 2.53 bits per heavy atom. The Kier molecular flexibility index (Phi) is 6.04. The van der Waals surface area contributed by atoms with E-state index in [4.69, 9.17) is 16.6 Å². The third-order valence-electron chi connectivity index (χ3n) is 6.25. The predicted octanol–water partition coefficient (Wildman–Crippen LogP) is 4.72. The first-order chi connectivity index (χ1) is 15.7. The SMILES string of the molecule is O=C(Cc1ccccc1Cl)N1CCC(c2nc(NC3CC3)ncc2-c2ccncc2)CC1. The smallest absolute Gasteiger partial charge is 0.227 e. The summed E-state index contributed by atoms with van der Waals surface area (Å²) in [5, 5.41) is 4.07. The quantitative estimate of drug-likeness (QED) is 0.592. The number of nitrogens with one attached hydrogen (secondary N) is 1. The molecule has 32 heavy (non-hydrogen) atoms. The van der Waals surface area contributed by atoms with Gasteiger partial charge in [0.2, 0.25) is 11.9 Å². The van der Waals surface area contributed by atoms with Gasteiger partial charge >= 0.3 is 0 Å². The van der Waals surface area contributed by atoms with E-state index in [1.807, 2.05) is 47.5 Å². The minimum atomic E-state index is 0.129. The number of benzene rings is 1. The summed E-state index contributed by atoms with van der Waals surface area (Å²) in [6, 6.07) is 12.1. The molecule has 2 aromatic heterocycles. The number of likely N-dealkylation sites (tertiary alicyclic amines) is 1. The molecule has 2 fully saturated rings. The molecule has 164 valence electrons. The molecule has 1 N–H and O–H groups in total. The lowest BCUT2D eigenvalue weighted by atomic mass is 9.89. The third-order valence-corrected chi connectivity index (χ3v) is 6.62. The van der Waals surface area contributed by atoms with E-state index in [1.165, 1.54) is 12.8 Å². The van der Waals surface area contributed by atoms with Gasteiger partial charge in [-0.1, -0.05) is 29.8 Å². The third kappa shape index (κ3) is 4.75. The molecule has 2 aliphatic rings. The van der Waals surface area contributed by atoms with Crippen molar-refractivity contribution in [3.8, 4) is 11.1 Å². The van der Waals surface area contributed by atoms with Crippen molar-refractivity contribution in [3.05, 3.63) is 71.3 Å². The average Bonchev–Trinajstić information content (AvgIpc) is 3.65. The van der Waals surface area contributed by atoms with Crippen molar-refractivity contribution in [2.45, 2.75) is 44.1 Å². The van der Waals surface area contributed by atoms with Gasteiger partial charge in [0.1, 0.15) is 0 Å². The number of pyridine rings is 1. The summed E-state index contributed by atoms with van der Waals surface area (Å²) in [5.74, 6) is 1.12. The Hall–Kier alpha value is -2.99. The number of anilines is 1. The fraction of sp³-hybridized carbons (Fsp3) is 0.360. The van der Waals surface area contributed by atoms with E-state index < -0.39 is 0 Å². The van der Waals surface area contributed by atoms with E-state index >= 15 is 0 Å². The van der Waals surface area contributed by atoms with Crippen molar-refractivity contribution in [1.29, 1.82) is 0 Å². The molecular formula is C25H26ClN5O. The normalized spacial score (nSPS) is 16.7. The number of nitrogens with zero attached hydrogens (tertiary/aromatic N) is 4. The van der Waals surface area contributed by atoms with E-state index in [1.54, 1.807) is 12.4 Å². The van der Waals surface area contributed by atoms with Crippen LogP contribution in [-0.2, 0) is 11.2 Å². The molecule has 3 heterocycles. The van der Waals surface area contributed by atoms with E-state index in [9.17, 15) is 4.79 Å². The monoisotopic (exact) mass is 447 g/mol. The largest absolute Gasteiger partial charge is 0.351 e. The zero-order valence-corrected chi connectivity index (χ0v) is 18.6. The van der Waals surface area contributed by atoms with Crippen molar-refractivity contribution in [2.24, 2.45) is 0 Å². The molecule has 1 saturated carbocycles. The lowest BCUT2D eigenvalue weighted by Gasteiger charge is -2.32. The summed E-state index contributed by atoms with van der Waals surface area (Å²) in [7, 11) is 0. The van der Waals surface area contributed by atoms with Crippen LogP contribution in [-0.4, -0.2) is 44.9 Å². The van der Waals surface area contributed by atoms with Crippen LogP contribution in [0.25, 0.3) is 11.1 Å². The second-order valence-corrected chi connectivity index (χ2v) is 8.98. The van der Waals surface area contributed by atoms with Crippen LogP contribution in [0.15, 0.2) is 55.0 Å². The molecule has 5 rings (SSSR count). The van der Waals surface area contributed by atoms with Crippen molar-refractivity contribution in [2.75, 3.05) is 18.4 Å². The number of hydrogen-bond donors (Lipinski definition) is 1. The van der Waals surface area contributed by atoms with Crippen molar-refractivity contribution in [1.82, 2.24) is 19.9 Å². The minimum Gasteiger partial charge on any atom is -0.351 e. The van der Waals surface area contributed by atoms with Crippen LogP contribution in [0.1, 0.15) is 42.9 Å². The Morgan fingerprint density at radius 2 is 1.81 bits per heavy atom. The van der Waals surface area contributed by atoms with Gasteiger partial charge in [-0.05, 0) is 55.0 Å². The van der Waals surface area contributed by atoms with Gasteiger partial charge in [0.25, 0.3) is 0 Å². The second kappa shape index (κ2) is 9.25. The number of rotatable bonds is 6. The molecule has 1 aromatic carbocycles. The fourth-order valence-corrected chi connectivity index (χ4v) is 4.46. The number of piperidine rings is 1. The highest BCUT2D eigenvalue weighted by molar-refractivity contribution is 6.31. The lowest BCUT2D eigenvalue weighted by Crippen LogP contribution is -2.39. The van der Waals surface area contributed by atoms with Gasteiger partial charge < -0.3 is 10.2 Å². The van der Waals surface area contributed by atoms with E-state index in [0.717, 1.165) is 48.3 Å². The molecular weight excluding hydrogens is 422 g/mol. The molecule has 0 bridgehead atoms. The summed E-state index contributed by atoms with van der Waals surface area (Å²) in [4.78, 5) is 28.5. The molecule has 1 aliphatic carbocycles. The first-order valence-electron chi connectivity index (χ1n) is 11.2. The molecule has 1 aliphatic heterocycles. The highest BCUT2D eigenvalue weighted by atomic mass is 35.5. The van der Waals surface area contributed by atoms with Crippen LogP contribution in [0.4, 0.5) is 5.95 Å². The molecule has 1 saturated heterocycles. The highest BCUT2D eigenvalue weighted by Gasteiger charge is 2.28. The zero-order chi connectivity index (χ0) is 21.9. The van der Waals surface area contributed by atoms with Crippen LogP contribution in [0.2, 0.25) is 5.02 Å². The number of aromatic nitrogens is 3. The van der Waals surface area contributed by atoms with Crippen LogP contribution < -0.4 is 5.32 Å². The van der Waals surface area contributed by atoms with Crippen LogP contribution in [0.5, 0.6) is 0 Å². The first-order valence-corrected chi connectivity index (χ1v) is 11.6. The summed E-state index contributed by atoms with van der Waals surface area (Å²) in [5.41, 5.74) is 4.07. The van der Waals surface area contributed by atoms with Gasteiger partial charge in [0.05, 0.1) is 12.1 Å². The van der Waals surface area contributed by atoms with Gasteiger partial charge in [-0.25, -0.2) is 9.97 Å². The molecule has 1 amide bonds. The van der Waals surface area contributed by atoms with Crippen molar-refractivity contribution in [3.63, 3.8) is 0 Å². The molecule has 7 heteroatoms. The topological polar surface area (TPSA) is 71.0 Å². The Labute approximate surface area is 193 Å². The number of amides is 1. The standard InChI is InChI=1S/C25H26ClN5O/c26-22-4-2-1-3-19(22)15-23(32)31-13-9-18(10-14-31)24-21(17-7-11-27-12-8-17)16-28-25(30-24)29-20-5-6-20/h1-4,7-8,11-12,16,18,20H,5-6,9-10,13-15H2,(H,28,29,30). The summed E-state index contributed by atoms with van der Waals surface area (Å²) < 4.78 is 0. The fourth-order valence-electron chi connectivity index (χ4n) is 4.26. The van der Waals surface area contributed by atoms with Crippen molar-refractivity contribution < 1.29 is 4.79 Å². The van der Waals surface area contributed by atoms with E-state index in [0.29, 0.717) is 23.4 Å². The zero-order valence-electron chi connectivity index (χ0n) is 17.9. The molecule has 0 spiro atoms. The average molecular weight is 448 g/mol. The molecule has 0 radical (unpaired) electrons. The molecule has 0 atom stereocenters. The van der Waals surface area contributed by atoms with Crippen LogP contribution >= 0.6 is 11.6 Å². The van der Waals surface area contributed by atoms with Crippen LogP contribution in [0.3, 0.4) is 0 Å². The van der Waals surface area contributed by atoms with E-state index in [2.05, 4.69) is 15.3 Å². The van der Waals surface area contributed by atoms with Crippen LogP contribution in [0, 0.1) is 0 Å². The molecule has 3 aromatic rings.